The van der Waals surface area contributed by atoms with Crippen molar-refractivity contribution in [1.82, 2.24) is 0 Å². The largest absolute Gasteiger partial charge is 0.394 e. The number of fused-ring (bicyclic) bond motifs is 1. The molecule has 162 valence electrons. The van der Waals surface area contributed by atoms with E-state index < -0.39 is 43.6 Å². The van der Waals surface area contributed by atoms with E-state index in [0.29, 0.717) is 11.1 Å². The summed E-state index contributed by atoms with van der Waals surface area (Å²) >= 11 is 0. The highest BCUT2D eigenvalue weighted by molar-refractivity contribution is 5.31. The monoisotopic (exact) mass is 418 g/mol. The second-order valence-electron chi connectivity index (χ2n) is 7.98. The number of hydrogen-bond acceptors (Lipinski definition) is 6. The molecule has 2 aliphatic rings. The normalized spacial score (nSPS) is 30.0. The standard InChI is InChI=1S/C23H27FO6/c1-12-4-5-15(8-13(12)2)22-27-11-19-21(30-22)20(18(26)10-25)29-23(28-19)16-6-7-17(24)14(3)9-16/h4-9,18-23,25-26H,10-11H2,1-3H3. The van der Waals surface area contributed by atoms with Gasteiger partial charge in [0.15, 0.2) is 12.6 Å². The summed E-state index contributed by atoms with van der Waals surface area (Å²) in [4.78, 5) is 0. The van der Waals surface area contributed by atoms with Crippen LogP contribution in [0.5, 0.6) is 0 Å². The fourth-order valence-electron chi connectivity index (χ4n) is 3.83. The van der Waals surface area contributed by atoms with Crippen molar-refractivity contribution in [1.29, 1.82) is 0 Å². The van der Waals surface area contributed by atoms with Crippen LogP contribution in [0.25, 0.3) is 0 Å². The van der Waals surface area contributed by atoms with Crippen LogP contribution in [0.2, 0.25) is 0 Å². The lowest BCUT2D eigenvalue weighted by atomic mass is 9.99. The molecule has 6 unspecified atom stereocenters. The first-order valence-corrected chi connectivity index (χ1v) is 10.1. The Hall–Kier alpha value is -1.87. The van der Waals surface area contributed by atoms with Crippen LogP contribution in [0.1, 0.15) is 40.4 Å². The first-order valence-electron chi connectivity index (χ1n) is 10.1. The molecule has 0 spiro atoms. The van der Waals surface area contributed by atoms with E-state index in [1.165, 1.54) is 11.6 Å². The molecule has 2 aliphatic heterocycles. The van der Waals surface area contributed by atoms with Gasteiger partial charge in [0.2, 0.25) is 0 Å². The topological polar surface area (TPSA) is 77.4 Å². The molecule has 0 bridgehead atoms. The summed E-state index contributed by atoms with van der Waals surface area (Å²) in [5.74, 6) is -0.319. The van der Waals surface area contributed by atoms with Crippen LogP contribution in [-0.2, 0) is 18.9 Å². The van der Waals surface area contributed by atoms with E-state index in [4.69, 9.17) is 18.9 Å². The molecule has 0 aromatic heterocycles. The summed E-state index contributed by atoms with van der Waals surface area (Å²) in [6, 6.07) is 10.5. The van der Waals surface area contributed by atoms with E-state index >= 15 is 0 Å². The first kappa shape index (κ1) is 21.4. The minimum absolute atomic E-state index is 0.233. The maximum atomic E-state index is 13.7. The number of aliphatic hydroxyl groups is 2. The molecule has 2 saturated heterocycles. The molecule has 30 heavy (non-hydrogen) atoms. The fraction of sp³-hybridized carbons (Fsp3) is 0.478. The molecule has 0 radical (unpaired) electrons. The molecule has 6 atom stereocenters. The van der Waals surface area contributed by atoms with Crippen molar-refractivity contribution >= 4 is 0 Å². The van der Waals surface area contributed by atoms with Crippen molar-refractivity contribution in [2.24, 2.45) is 0 Å². The zero-order valence-corrected chi connectivity index (χ0v) is 17.2. The Balaban J connectivity index is 1.57. The SMILES string of the molecule is Cc1ccc(C2OCC3OC(c4ccc(F)c(C)c4)OC(C(O)CO)C3O2)cc1C. The van der Waals surface area contributed by atoms with Crippen LogP contribution in [0.15, 0.2) is 36.4 Å². The van der Waals surface area contributed by atoms with Crippen LogP contribution in [-0.4, -0.2) is 47.8 Å². The Morgan fingerprint density at radius 3 is 2.33 bits per heavy atom. The van der Waals surface area contributed by atoms with Gasteiger partial charge in [-0.1, -0.05) is 24.3 Å². The van der Waals surface area contributed by atoms with Gasteiger partial charge in [-0.15, -0.1) is 0 Å². The van der Waals surface area contributed by atoms with Crippen LogP contribution in [0.3, 0.4) is 0 Å². The molecule has 0 saturated carbocycles. The Morgan fingerprint density at radius 1 is 0.933 bits per heavy atom. The van der Waals surface area contributed by atoms with Gasteiger partial charge < -0.3 is 29.2 Å². The Labute approximate surface area is 175 Å². The highest BCUT2D eigenvalue weighted by Gasteiger charge is 2.48. The van der Waals surface area contributed by atoms with E-state index in [1.807, 2.05) is 32.0 Å². The number of halogens is 1. The number of benzene rings is 2. The highest BCUT2D eigenvalue weighted by atomic mass is 19.1. The summed E-state index contributed by atoms with van der Waals surface area (Å²) in [5.41, 5.74) is 4.25. The third kappa shape index (κ3) is 4.14. The molecular weight excluding hydrogens is 391 g/mol. The number of ether oxygens (including phenoxy) is 4. The van der Waals surface area contributed by atoms with Crippen molar-refractivity contribution in [2.75, 3.05) is 13.2 Å². The Bertz CT molecular complexity index is 901. The van der Waals surface area contributed by atoms with Gasteiger partial charge in [0.25, 0.3) is 0 Å². The van der Waals surface area contributed by atoms with Crippen molar-refractivity contribution in [2.45, 2.75) is 57.8 Å². The predicted molar refractivity (Wildman–Crippen MR) is 106 cm³/mol. The molecule has 2 aromatic rings. The van der Waals surface area contributed by atoms with Gasteiger partial charge in [0, 0.05) is 11.1 Å². The molecule has 7 heteroatoms. The summed E-state index contributed by atoms with van der Waals surface area (Å²) in [6.07, 6.45) is -4.60. The number of rotatable bonds is 4. The molecule has 2 heterocycles. The average Bonchev–Trinajstić information content (AvgIpc) is 2.75. The van der Waals surface area contributed by atoms with E-state index in [2.05, 4.69) is 0 Å². The third-order valence-corrected chi connectivity index (χ3v) is 5.79. The van der Waals surface area contributed by atoms with Gasteiger partial charge in [0.1, 0.15) is 30.2 Å². The molecular formula is C23H27FO6. The molecule has 2 aromatic carbocycles. The molecule has 2 N–H and O–H groups in total. The van der Waals surface area contributed by atoms with Gasteiger partial charge in [-0.3, -0.25) is 0 Å². The lowest BCUT2D eigenvalue weighted by Gasteiger charge is -2.47. The molecule has 6 nitrogen and oxygen atoms in total. The minimum Gasteiger partial charge on any atom is -0.394 e. The molecule has 4 rings (SSSR count). The van der Waals surface area contributed by atoms with Gasteiger partial charge in [-0.2, -0.15) is 0 Å². The minimum atomic E-state index is -1.16. The zero-order valence-electron chi connectivity index (χ0n) is 17.2. The maximum absolute atomic E-state index is 13.7. The summed E-state index contributed by atoms with van der Waals surface area (Å²) in [6.45, 7) is 5.46. The van der Waals surface area contributed by atoms with Crippen molar-refractivity contribution < 1.29 is 33.6 Å². The van der Waals surface area contributed by atoms with Crippen LogP contribution in [0.4, 0.5) is 4.39 Å². The average molecular weight is 418 g/mol. The zero-order chi connectivity index (χ0) is 21.4. The second-order valence-corrected chi connectivity index (χ2v) is 7.98. The summed E-state index contributed by atoms with van der Waals surface area (Å²) in [5, 5.41) is 20.0. The second kappa shape index (κ2) is 8.70. The van der Waals surface area contributed by atoms with Gasteiger partial charge in [0.05, 0.1) is 13.2 Å². The number of aryl methyl sites for hydroxylation is 3. The van der Waals surface area contributed by atoms with Crippen LogP contribution < -0.4 is 0 Å². The quantitative estimate of drug-likeness (QED) is 0.795. The van der Waals surface area contributed by atoms with Gasteiger partial charge in [-0.25, -0.2) is 4.39 Å². The molecule has 0 amide bonds. The third-order valence-electron chi connectivity index (χ3n) is 5.79. The van der Waals surface area contributed by atoms with E-state index in [-0.39, 0.29) is 12.4 Å². The van der Waals surface area contributed by atoms with Crippen molar-refractivity contribution in [3.63, 3.8) is 0 Å². The van der Waals surface area contributed by atoms with Crippen LogP contribution >= 0.6 is 0 Å². The first-order chi connectivity index (χ1) is 14.4. The van der Waals surface area contributed by atoms with Gasteiger partial charge >= 0.3 is 0 Å². The lowest BCUT2D eigenvalue weighted by Crippen LogP contribution is -2.58. The van der Waals surface area contributed by atoms with Crippen molar-refractivity contribution in [3.05, 3.63) is 70.0 Å². The van der Waals surface area contributed by atoms with E-state index in [1.54, 1.807) is 19.1 Å². The van der Waals surface area contributed by atoms with Crippen LogP contribution in [0, 0.1) is 26.6 Å². The Kier molecular flexibility index (Phi) is 6.20. The summed E-state index contributed by atoms with van der Waals surface area (Å²) < 4.78 is 37.7. The smallest absolute Gasteiger partial charge is 0.184 e. The number of aliphatic hydroxyl groups excluding tert-OH is 2. The van der Waals surface area contributed by atoms with Gasteiger partial charge in [-0.05, 0) is 49.6 Å². The predicted octanol–water partition coefficient (Wildman–Crippen LogP) is 3.00. The molecule has 2 fully saturated rings. The molecule has 0 aliphatic carbocycles. The number of hydrogen-bond donors (Lipinski definition) is 2. The Morgan fingerprint density at radius 2 is 1.63 bits per heavy atom. The van der Waals surface area contributed by atoms with E-state index in [0.717, 1.165) is 11.1 Å². The van der Waals surface area contributed by atoms with E-state index in [9.17, 15) is 14.6 Å². The summed E-state index contributed by atoms with van der Waals surface area (Å²) in [7, 11) is 0. The highest BCUT2D eigenvalue weighted by Crippen LogP contribution is 2.39. The fourth-order valence-corrected chi connectivity index (χ4v) is 3.83. The lowest BCUT2D eigenvalue weighted by molar-refractivity contribution is -0.373. The maximum Gasteiger partial charge on any atom is 0.184 e. The van der Waals surface area contributed by atoms with Crippen molar-refractivity contribution in [3.8, 4) is 0 Å².